The van der Waals surface area contributed by atoms with Crippen molar-refractivity contribution in [1.82, 2.24) is 10.3 Å². The number of amides is 1. The van der Waals surface area contributed by atoms with Gasteiger partial charge in [0.1, 0.15) is 6.04 Å². The second kappa shape index (κ2) is 5.61. The van der Waals surface area contributed by atoms with Gasteiger partial charge in [-0.05, 0) is 30.3 Å². The van der Waals surface area contributed by atoms with Crippen molar-refractivity contribution in [3.8, 4) is 0 Å². The van der Waals surface area contributed by atoms with Gasteiger partial charge in [0.25, 0.3) is 0 Å². The number of carbonyl (C=O) groups excluding carboxylic acids is 1. The molecule has 0 saturated heterocycles. The number of aromatic nitrogens is 1. The molecule has 20 heavy (non-hydrogen) atoms. The predicted molar refractivity (Wildman–Crippen MR) is 78.8 cm³/mol. The van der Waals surface area contributed by atoms with Crippen LogP contribution in [0.15, 0.2) is 42.6 Å². The summed E-state index contributed by atoms with van der Waals surface area (Å²) in [5.41, 5.74) is 2.74. The summed E-state index contributed by atoms with van der Waals surface area (Å²) in [5, 5.41) is 6.74. The van der Waals surface area contributed by atoms with Crippen molar-refractivity contribution in [3.63, 3.8) is 0 Å². The number of benzene rings is 1. The van der Waals surface area contributed by atoms with E-state index >= 15 is 0 Å². The summed E-state index contributed by atoms with van der Waals surface area (Å²) in [7, 11) is 0. The predicted octanol–water partition coefficient (Wildman–Crippen LogP) is 2.56. The van der Waals surface area contributed by atoms with E-state index in [2.05, 4.69) is 15.6 Å². The first kappa shape index (κ1) is 13.1. The molecule has 1 aromatic carbocycles. The first-order valence-corrected chi connectivity index (χ1v) is 6.85. The van der Waals surface area contributed by atoms with E-state index in [1.807, 2.05) is 30.3 Å². The highest BCUT2D eigenvalue weighted by Gasteiger charge is 2.29. The van der Waals surface area contributed by atoms with Crippen LogP contribution in [-0.4, -0.2) is 17.4 Å². The van der Waals surface area contributed by atoms with Crippen molar-refractivity contribution in [2.24, 2.45) is 0 Å². The number of carbonyl (C=O) groups is 1. The van der Waals surface area contributed by atoms with E-state index in [9.17, 15) is 4.79 Å². The van der Waals surface area contributed by atoms with Gasteiger partial charge in [0.05, 0.1) is 0 Å². The van der Waals surface area contributed by atoms with Crippen LogP contribution < -0.4 is 10.6 Å². The highest BCUT2D eigenvalue weighted by atomic mass is 35.5. The molecule has 2 N–H and O–H groups in total. The highest BCUT2D eigenvalue weighted by Crippen LogP contribution is 2.32. The van der Waals surface area contributed by atoms with Crippen LogP contribution in [0.2, 0.25) is 5.02 Å². The molecule has 1 unspecified atom stereocenters. The van der Waals surface area contributed by atoms with Crippen LogP contribution >= 0.6 is 11.6 Å². The maximum absolute atomic E-state index is 12.0. The molecule has 1 aromatic heterocycles. The van der Waals surface area contributed by atoms with Gasteiger partial charge in [0.2, 0.25) is 5.91 Å². The SMILES string of the molecule is O=C1Nc2ccc(Cl)cc2C1NCCc1ccccn1. The summed E-state index contributed by atoms with van der Waals surface area (Å²) in [6.45, 7) is 0.682. The third-order valence-electron chi connectivity index (χ3n) is 3.30. The summed E-state index contributed by atoms with van der Waals surface area (Å²) in [6.07, 6.45) is 2.55. The second-order valence-electron chi connectivity index (χ2n) is 4.68. The molecule has 0 bridgehead atoms. The Morgan fingerprint density at radius 1 is 1.30 bits per heavy atom. The van der Waals surface area contributed by atoms with Crippen LogP contribution in [0.4, 0.5) is 5.69 Å². The average Bonchev–Trinajstić information content (AvgIpc) is 2.76. The number of hydrogen-bond acceptors (Lipinski definition) is 3. The Hall–Kier alpha value is -1.91. The van der Waals surface area contributed by atoms with Gasteiger partial charge in [0.15, 0.2) is 0 Å². The Kier molecular flexibility index (Phi) is 3.67. The van der Waals surface area contributed by atoms with E-state index in [1.54, 1.807) is 12.3 Å². The van der Waals surface area contributed by atoms with Crippen molar-refractivity contribution in [2.75, 3.05) is 11.9 Å². The van der Waals surface area contributed by atoms with Gasteiger partial charge in [-0.2, -0.15) is 0 Å². The number of rotatable bonds is 4. The molecule has 5 heteroatoms. The quantitative estimate of drug-likeness (QED) is 0.909. The molecule has 0 spiro atoms. The molecule has 4 nitrogen and oxygen atoms in total. The molecular weight excluding hydrogens is 274 g/mol. The number of nitrogens with zero attached hydrogens (tertiary/aromatic N) is 1. The molecule has 0 saturated carbocycles. The maximum atomic E-state index is 12.0. The van der Waals surface area contributed by atoms with Gasteiger partial charge in [-0.1, -0.05) is 17.7 Å². The number of hydrogen-bond donors (Lipinski definition) is 2. The maximum Gasteiger partial charge on any atom is 0.246 e. The fourth-order valence-corrected chi connectivity index (χ4v) is 2.51. The first-order chi connectivity index (χ1) is 9.74. The minimum atomic E-state index is -0.340. The largest absolute Gasteiger partial charge is 0.324 e. The van der Waals surface area contributed by atoms with Crippen LogP contribution in [0, 0.1) is 0 Å². The smallest absolute Gasteiger partial charge is 0.246 e. The van der Waals surface area contributed by atoms with Crippen molar-refractivity contribution >= 4 is 23.2 Å². The molecule has 1 amide bonds. The Balaban J connectivity index is 1.66. The van der Waals surface area contributed by atoms with E-state index in [1.165, 1.54) is 0 Å². The lowest BCUT2D eigenvalue weighted by Gasteiger charge is -2.11. The summed E-state index contributed by atoms with van der Waals surface area (Å²) in [4.78, 5) is 16.2. The van der Waals surface area contributed by atoms with Crippen molar-refractivity contribution in [3.05, 3.63) is 58.9 Å². The summed E-state index contributed by atoms with van der Waals surface area (Å²) in [5.74, 6) is -0.0386. The first-order valence-electron chi connectivity index (χ1n) is 6.47. The zero-order chi connectivity index (χ0) is 13.9. The molecule has 2 aromatic rings. The van der Waals surface area contributed by atoms with Gasteiger partial charge in [-0.15, -0.1) is 0 Å². The molecule has 0 radical (unpaired) electrons. The zero-order valence-electron chi connectivity index (χ0n) is 10.8. The number of fused-ring (bicyclic) bond motifs is 1. The normalized spacial score (nSPS) is 16.9. The zero-order valence-corrected chi connectivity index (χ0v) is 11.5. The van der Waals surface area contributed by atoms with Gasteiger partial charge >= 0.3 is 0 Å². The third kappa shape index (κ3) is 2.66. The molecule has 1 atom stereocenters. The van der Waals surface area contributed by atoms with Crippen molar-refractivity contribution < 1.29 is 4.79 Å². The van der Waals surface area contributed by atoms with E-state index < -0.39 is 0 Å². The number of halogens is 1. The highest BCUT2D eigenvalue weighted by molar-refractivity contribution is 6.31. The number of pyridine rings is 1. The van der Waals surface area contributed by atoms with E-state index in [4.69, 9.17) is 11.6 Å². The summed E-state index contributed by atoms with van der Waals surface area (Å²) in [6, 6.07) is 10.9. The van der Waals surface area contributed by atoms with E-state index in [0.29, 0.717) is 11.6 Å². The molecule has 3 rings (SSSR count). The molecule has 2 heterocycles. The van der Waals surface area contributed by atoms with E-state index in [0.717, 1.165) is 23.4 Å². The lowest BCUT2D eigenvalue weighted by Crippen LogP contribution is -2.29. The van der Waals surface area contributed by atoms with Crippen LogP contribution in [0.25, 0.3) is 0 Å². The van der Waals surface area contributed by atoms with Gasteiger partial charge in [-0.3, -0.25) is 9.78 Å². The lowest BCUT2D eigenvalue weighted by atomic mass is 10.1. The summed E-state index contributed by atoms with van der Waals surface area (Å²) >= 11 is 5.99. The molecule has 0 fully saturated rings. The monoisotopic (exact) mass is 287 g/mol. The van der Waals surface area contributed by atoms with Gasteiger partial charge < -0.3 is 10.6 Å². The number of anilines is 1. The average molecular weight is 288 g/mol. The van der Waals surface area contributed by atoms with Crippen LogP contribution in [-0.2, 0) is 11.2 Å². The molecule has 102 valence electrons. The van der Waals surface area contributed by atoms with Crippen LogP contribution in [0.5, 0.6) is 0 Å². The standard InChI is InChI=1S/C15H14ClN3O/c16-10-4-5-13-12(9-10)14(15(20)19-13)18-8-6-11-3-1-2-7-17-11/h1-5,7,9,14,18H,6,8H2,(H,19,20). The summed E-state index contributed by atoms with van der Waals surface area (Å²) < 4.78 is 0. The van der Waals surface area contributed by atoms with Gasteiger partial charge in [-0.25, -0.2) is 0 Å². The van der Waals surface area contributed by atoms with Crippen LogP contribution in [0.1, 0.15) is 17.3 Å². The fourth-order valence-electron chi connectivity index (χ4n) is 2.33. The van der Waals surface area contributed by atoms with Gasteiger partial charge in [0, 0.05) is 41.1 Å². The second-order valence-corrected chi connectivity index (χ2v) is 5.12. The van der Waals surface area contributed by atoms with E-state index in [-0.39, 0.29) is 11.9 Å². The third-order valence-corrected chi connectivity index (χ3v) is 3.54. The Morgan fingerprint density at radius 3 is 3.00 bits per heavy atom. The minimum Gasteiger partial charge on any atom is -0.324 e. The van der Waals surface area contributed by atoms with Crippen molar-refractivity contribution in [2.45, 2.75) is 12.5 Å². The topological polar surface area (TPSA) is 54.0 Å². The lowest BCUT2D eigenvalue weighted by molar-refractivity contribution is -0.117. The number of nitrogens with one attached hydrogen (secondary N) is 2. The Labute approximate surface area is 122 Å². The van der Waals surface area contributed by atoms with Crippen molar-refractivity contribution in [1.29, 1.82) is 0 Å². The fraction of sp³-hybridized carbons (Fsp3) is 0.200. The molecule has 1 aliphatic rings. The molecule has 0 aliphatic carbocycles. The van der Waals surface area contributed by atoms with Crippen LogP contribution in [0.3, 0.4) is 0 Å². The molecule has 1 aliphatic heterocycles. The minimum absolute atomic E-state index is 0.0386. The Morgan fingerprint density at radius 2 is 2.20 bits per heavy atom. The Bertz CT molecular complexity index is 630. The molecular formula is C15H14ClN3O.